The third-order valence-corrected chi connectivity index (χ3v) is 9.25. The Balaban J connectivity index is 0.894. The Labute approximate surface area is 239 Å². The third kappa shape index (κ3) is 3.92. The van der Waals surface area contributed by atoms with Gasteiger partial charge in [0.25, 0.3) is 0 Å². The van der Waals surface area contributed by atoms with E-state index in [1.807, 2.05) is 48.5 Å². The molecular weight excluding hydrogens is 512 g/mol. The van der Waals surface area contributed by atoms with Crippen LogP contribution in [0.5, 0.6) is 0 Å². The van der Waals surface area contributed by atoms with Crippen LogP contribution >= 0.6 is 0 Å². The smallest absolute Gasteiger partial charge is 0.410 e. The van der Waals surface area contributed by atoms with Gasteiger partial charge < -0.3 is 19.3 Å². The van der Waals surface area contributed by atoms with Crippen LogP contribution < -0.4 is 0 Å². The predicted molar refractivity (Wildman–Crippen MR) is 156 cm³/mol. The number of nitrogens with zero attached hydrogens (tertiary/aromatic N) is 2. The Kier molecular flexibility index (Phi) is 5.62. The average Bonchev–Trinajstić information content (AvgIpc) is 3.68. The van der Waals surface area contributed by atoms with E-state index in [2.05, 4.69) is 48.5 Å². The molecule has 1 aliphatic heterocycles. The first-order chi connectivity index (χ1) is 20.2. The Morgan fingerprint density at radius 3 is 1.20 bits per heavy atom. The molecule has 6 heteroatoms. The fraction of sp³-hybridized carbons (Fsp3) is 0.257. The molecule has 4 aromatic carbocycles. The highest BCUT2D eigenvalue weighted by atomic mass is 16.6. The van der Waals surface area contributed by atoms with Crippen LogP contribution in [0.2, 0.25) is 0 Å². The molecule has 0 N–H and O–H groups in total. The molecule has 8 rings (SSSR count). The third-order valence-electron chi connectivity index (χ3n) is 9.25. The van der Waals surface area contributed by atoms with Crippen molar-refractivity contribution in [2.24, 2.45) is 0 Å². The van der Waals surface area contributed by atoms with Crippen molar-refractivity contribution >= 4 is 12.2 Å². The summed E-state index contributed by atoms with van der Waals surface area (Å²) in [5.41, 5.74) is 9.64. The predicted octanol–water partition coefficient (Wildman–Crippen LogP) is 6.64. The first kappa shape index (κ1) is 24.2. The highest BCUT2D eigenvalue weighted by Gasteiger charge is 2.53. The summed E-state index contributed by atoms with van der Waals surface area (Å²) in [6.45, 7) is 1.50. The van der Waals surface area contributed by atoms with Gasteiger partial charge in [-0.1, -0.05) is 97.1 Å². The molecule has 4 aliphatic rings. The molecule has 0 radical (unpaired) electrons. The highest BCUT2D eigenvalue weighted by molar-refractivity contribution is 5.80. The molecular formula is C35H30N2O4. The molecule has 0 bridgehead atoms. The Morgan fingerprint density at radius 2 is 0.854 bits per heavy atom. The summed E-state index contributed by atoms with van der Waals surface area (Å²) in [7, 11) is 0. The number of fused-ring (bicyclic) bond motifs is 7. The molecule has 0 spiro atoms. The van der Waals surface area contributed by atoms with E-state index < -0.39 is 0 Å². The van der Waals surface area contributed by atoms with Crippen LogP contribution in [0.15, 0.2) is 97.1 Å². The number of hydrogen-bond donors (Lipinski definition) is 0. The van der Waals surface area contributed by atoms with E-state index in [1.165, 1.54) is 44.5 Å². The van der Waals surface area contributed by atoms with E-state index in [1.54, 1.807) is 9.80 Å². The molecule has 2 fully saturated rings. The van der Waals surface area contributed by atoms with Crippen LogP contribution in [-0.4, -0.2) is 60.4 Å². The maximum absolute atomic E-state index is 13.2. The molecule has 6 nitrogen and oxygen atoms in total. The second kappa shape index (κ2) is 9.51. The second-order valence-electron chi connectivity index (χ2n) is 11.4. The van der Waals surface area contributed by atoms with Gasteiger partial charge in [0.2, 0.25) is 0 Å². The Bertz CT molecular complexity index is 1470. The van der Waals surface area contributed by atoms with Crippen molar-refractivity contribution in [3.8, 4) is 22.3 Å². The molecule has 2 unspecified atom stereocenters. The number of carbonyl (C=O) groups is 2. The summed E-state index contributed by atoms with van der Waals surface area (Å²) in [6, 6.07) is 33.3. The van der Waals surface area contributed by atoms with Gasteiger partial charge in [0.15, 0.2) is 0 Å². The van der Waals surface area contributed by atoms with Gasteiger partial charge >= 0.3 is 12.2 Å². The van der Waals surface area contributed by atoms with Gasteiger partial charge in [0, 0.05) is 24.9 Å². The number of carbonyl (C=O) groups excluding carboxylic acids is 2. The number of ether oxygens (including phenoxy) is 2. The van der Waals surface area contributed by atoms with Gasteiger partial charge in [0.05, 0.1) is 12.1 Å². The molecule has 204 valence electrons. The molecule has 3 aliphatic carbocycles. The van der Waals surface area contributed by atoms with E-state index in [0.29, 0.717) is 26.3 Å². The molecule has 1 saturated carbocycles. The fourth-order valence-corrected chi connectivity index (χ4v) is 7.19. The largest absolute Gasteiger partial charge is 0.448 e. The maximum Gasteiger partial charge on any atom is 0.410 e. The molecule has 0 aromatic heterocycles. The first-order valence-electron chi connectivity index (χ1n) is 14.4. The van der Waals surface area contributed by atoms with Crippen molar-refractivity contribution in [3.63, 3.8) is 0 Å². The SMILES string of the molecule is O=C(OCC1c2ccccc2-c2ccccc21)N1CCN(C(=O)OCC2c3ccccc3-c3ccccc32)C2CC21. The van der Waals surface area contributed by atoms with E-state index in [-0.39, 0.29) is 36.1 Å². The summed E-state index contributed by atoms with van der Waals surface area (Å²) in [5, 5.41) is 0. The van der Waals surface area contributed by atoms with E-state index in [0.717, 1.165) is 6.42 Å². The van der Waals surface area contributed by atoms with Crippen molar-refractivity contribution in [2.45, 2.75) is 30.3 Å². The highest BCUT2D eigenvalue weighted by Crippen LogP contribution is 2.46. The Hall–Kier alpha value is -4.58. The Morgan fingerprint density at radius 1 is 0.537 bits per heavy atom. The molecule has 2 atom stereocenters. The lowest BCUT2D eigenvalue weighted by Gasteiger charge is -2.33. The van der Waals surface area contributed by atoms with Crippen LogP contribution in [0.1, 0.15) is 40.5 Å². The van der Waals surface area contributed by atoms with Gasteiger partial charge in [0.1, 0.15) is 13.2 Å². The molecule has 4 aromatic rings. The van der Waals surface area contributed by atoms with Crippen molar-refractivity contribution in [1.29, 1.82) is 0 Å². The number of piperazine rings is 1. The first-order valence-corrected chi connectivity index (χ1v) is 14.4. The van der Waals surface area contributed by atoms with E-state index in [4.69, 9.17) is 9.47 Å². The van der Waals surface area contributed by atoms with Crippen LogP contribution in [0.3, 0.4) is 0 Å². The number of benzene rings is 4. The van der Waals surface area contributed by atoms with E-state index in [9.17, 15) is 9.59 Å². The van der Waals surface area contributed by atoms with Gasteiger partial charge in [-0.15, -0.1) is 0 Å². The quantitative estimate of drug-likeness (QED) is 0.290. The summed E-state index contributed by atoms with van der Waals surface area (Å²) < 4.78 is 11.8. The lowest BCUT2D eigenvalue weighted by molar-refractivity contribution is 0.0574. The normalized spacial score (nSPS) is 20.0. The fourth-order valence-electron chi connectivity index (χ4n) is 7.19. The van der Waals surface area contributed by atoms with Crippen LogP contribution in [0.4, 0.5) is 9.59 Å². The number of amides is 2. The van der Waals surface area contributed by atoms with E-state index >= 15 is 0 Å². The van der Waals surface area contributed by atoms with Gasteiger partial charge in [-0.3, -0.25) is 0 Å². The lowest BCUT2D eigenvalue weighted by Crippen LogP contribution is -2.51. The second-order valence-corrected chi connectivity index (χ2v) is 11.4. The summed E-state index contributed by atoms with van der Waals surface area (Å²) in [5.74, 6) is 0.0620. The summed E-state index contributed by atoms with van der Waals surface area (Å²) >= 11 is 0. The summed E-state index contributed by atoms with van der Waals surface area (Å²) in [4.78, 5) is 30.0. The monoisotopic (exact) mass is 542 g/mol. The number of rotatable bonds is 4. The lowest BCUT2D eigenvalue weighted by atomic mass is 9.98. The zero-order valence-corrected chi connectivity index (χ0v) is 22.6. The molecule has 1 heterocycles. The average molecular weight is 543 g/mol. The topological polar surface area (TPSA) is 59.1 Å². The van der Waals surface area contributed by atoms with Crippen molar-refractivity contribution in [3.05, 3.63) is 119 Å². The zero-order valence-electron chi connectivity index (χ0n) is 22.6. The number of hydrogen-bond acceptors (Lipinski definition) is 4. The molecule has 41 heavy (non-hydrogen) atoms. The zero-order chi connectivity index (χ0) is 27.5. The van der Waals surface area contributed by atoms with Crippen LogP contribution in [0.25, 0.3) is 22.3 Å². The van der Waals surface area contributed by atoms with Crippen LogP contribution in [-0.2, 0) is 9.47 Å². The van der Waals surface area contributed by atoms with Crippen molar-refractivity contribution < 1.29 is 19.1 Å². The summed E-state index contributed by atoms with van der Waals surface area (Å²) in [6.07, 6.45) is 0.159. The van der Waals surface area contributed by atoms with Crippen LogP contribution in [0, 0.1) is 0 Å². The van der Waals surface area contributed by atoms with Gasteiger partial charge in [-0.25, -0.2) is 9.59 Å². The van der Waals surface area contributed by atoms with Crippen molar-refractivity contribution in [1.82, 2.24) is 9.80 Å². The molecule has 1 saturated heterocycles. The molecule has 2 amide bonds. The minimum absolute atomic E-state index is 0.0140. The minimum atomic E-state index is -0.299. The van der Waals surface area contributed by atoms with Gasteiger partial charge in [-0.2, -0.15) is 0 Å². The maximum atomic E-state index is 13.2. The van der Waals surface area contributed by atoms with Crippen molar-refractivity contribution in [2.75, 3.05) is 26.3 Å². The van der Waals surface area contributed by atoms with Gasteiger partial charge in [-0.05, 0) is 50.9 Å². The standard InChI is InChI=1S/C35H30N2O4/c38-34(40-20-30-26-13-5-1-9-22(26)23-10-2-6-14-27(23)30)36-17-18-37(33-19-32(33)36)35(39)41-21-31-28-15-7-3-11-24(28)25-12-4-8-16-29(25)31/h1-16,30-33H,17-21H2. The minimum Gasteiger partial charge on any atom is -0.448 e.